The lowest BCUT2D eigenvalue weighted by atomic mass is 10.6. The van der Waals surface area contributed by atoms with Crippen LogP contribution in [0.3, 0.4) is 0 Å². The molecule has 0 radical (unpaired) electrons. The Bertz CT molecular complexity index is 94.2. The van der Waals surface area contributed by atoms with Crippen LogP contribution >= 0.6 is 0 Å². The van der Waals surface area contributed by atoms with Gasteiger partial charge in [0.15, 0.2) is 5.76 Å². The molecular formula is C3H4O3. The fraction of sp³-hybridized carbons (Fsp3) is 0.333. The van der Waals surface area contributed by atoms with Crippen LogP contribution in [0.4, 0.5) is 0 Å². The molecule has 1 heterocycles. The Morgan fingerprint density at radius 2 is 1.83 bits per heavy atom. The molecule has 3 heteroatoms. The fourth-order valence-electron chi connectivity index (χ4n) is 0.146. The van der Waals surface area contributed by atoms with E-state index in [2.05, 4.69) is 11.3 Å². The second-order valence-electron chi connectivity index (χ2n) is 1.13. The topological polar surface area (TPSA) is 53.0 Å². The Balaban J connectivity index is 2.63. The summed E-state index contributed by atoms with van der Waals surface area (Å²) in [5.41, 5.74) is 0. The van der Waals surface area contributed by atoms with E-state index >= 15 is 0 Å². The molecule has 0 aromatic carbocycles. The average Bonchev–Trinajstić information content (AvgIpc) is 1.73. The van der Waals surface area contributed by atoms with E-state index in [1.54, 1.807) is 0 Å². The van der Waals surface area contributed by atoms with Crippen molar-refractivity contribution >= 4 is 0 Å². The smallest absolute Gasteiger partial charge is 0.384 e. The molecule has 0 saturated carbocycles. The quantitative estimate of drug-likeness (QED) is 0.300. The molecule has 0 atom stereocenters. The summed E-state index contributed by atoms with van der Waals surface area (Å²) in [6.07, 6.45) is 0. The van der Waals surface area contributed by atoms with E-state index in [0.717, 1.165) is 0 Å². The summed E-state index contributed by atoms with van der Waals surface area (Å²) >= 11 is 0. The molecule has 1 aliphatic rings. The first kappa shape index (κ1) is 3.64. The van der Waals surface area contributed by atoms with Gasteiger partial charge in [0.1, 0.15) is 0 Å². The molecule has 0 unspecified atom stereocenters. The molecule has 1 aliphatic heterocycles. The van der Waals surface area contributed by atoms with Gasteiger partial charge in [-0.25, -0.2) is 0 Å². The molecule has 34 valence electrons. The van der Waals surface area contributed by atoms with Crippen molar-refractivity contribution in [3.63, 3.8) is 0 Å². The maximum absolute atomic E-state index is 8.13. The van der Waals surface area contributed by atoms with Crippen molar-refractivity contribution in [2.75, 3.05) is 0 Å². The van der Waals surface area contributed by atoms with Gasteiger partial charge < -0.3 is 14.9 Å². The predicted molar refractivity (Wildman–Crippen MR) is 17.4 cm³/mol. The number of hydrogen-bond acceptors (Lipinski definition) is 3. The summed E-state index contributed by atoms with van der Waals surface area (Å²) in [6.45, 7) is 3.10. The summed E-state index contributed by atoms with van der Waals surface area (Å²) in [4.78, 5) is 0. The number of hydrogen-bond donors (Lipinski definition) is 2. The maximum atomic E-state index is 8.13. The van der Waals surface area contributed by atoms with Gasteiger partial charge in [-0.05, 0) is 0 Å². The zero-order valence-electron chi connectivity index (χ0n) is 3.01. The van der Waals surface area contributed by atoms with E-state index in [9.17, 15) is 0 Å². The molecule has 6 heavy (non-hydrogen) atoms. The Morgan fingerprint density at radius 3 is 1.83 bits per heavy atom. The average molecular weight is 88.1 g/mol. The molecule has 0 aliphatic carbocycles. The largest absolute Gasteiger partial charge is 0.428 e. The molecule has 2 N–H and O–H groups in total. The first-order valence-corrected chi connectivity index (χ1v) is 1.46. The normalized spacial score (nSPS) is 26.0. The van der Waals surface area contributed by atoms with Crippen LogP contribution in [0.15, 0.2) is 12.3 Å². The van der Waals surface area contributed by atoms with Crippen LogP contribution in [-0.4, -0.2) is 16.2 Å². The lowest BCUT2D eigenvalue weighted by Crippen LogP contribution is -2.03. The number of epoxide rings is 1. The molecule has 1 saturated heterocycles. The van der Waals surface area contributed by atoms with Gasteiger partial charge in [-0.15, -0.1) is 0 Å². The first-order valence-electron chi connectivity index (χ1n) is 1.46. The second-order valence-corrected chi connectivity index (χ2v) is 1.13. The summed E-state index contributed by atoms with van der Waals surface area (Å²) < 4.78 is 4.02. The van der Waals surface area contributed by atoms with Crippen molar-refractivity contribution < 1.29 is 14.9 Å². The zero-order valence-corrected chi connectivity index (χ0v) is 3.01. The number of aliphatic hydroxyl groups is 2. The third-order valence-corrected chi connectivity index (χ3v) is 0.587. The third-order valence-electron chi connectivity index (χ3n) is 0.587. The monoisotopic (exact) mass is 88.0 g/mol. The van der Waals surface area contributed by atoms with E-state index in [0.29, 0.717) is 0 Å². The standard InChI is InChI=1S/C3H4O3/c1-2-3(4,5)6-2/h4-5H,1H2. The molecule has 0 aromatic heterocycles. The van der Waals surface area contributed by atoms with E-state index < -0.39 is 5.97 Å². The van der Waals surface area contributed by atoms with E-state index in [1.807, 2.05) is 0 Å². The van der Waals surface area contributed by atoms with Gasteiger partial charge in [0.05, 0.1) is 0 Å². The van der Waals surface area contributed by atoms with Crippen LogP contribution < -0.4 is 0 Å². The summed E-state index contributed by atoms with van der Waals surface area (Å²) in [7, 11) is 0. The highest BCUT2D eigenvalue weighted by molar-refractivity contribution is 5.06. The van der Waals surface area contributed by atoms with Crippen molar-refractivity contribution in [3.8, 4) is 0 Å². The molecule has 1 rings (SSSR count). The lowest BCUT2D eigenvalue weighted by Gasteiger charge is -1.79. The lowest BCUT2D eigenvalue weighted by molar-refractivity contribution is -0.147. The van der Waals surface area contributed by atoms with Crippen molar-refractivity contribution in [2.24, 2.45) is 0 Å². The number of ether oxygens (including phenoxy) is 1. The van der Waals surface area contributed by atoms with Crippen molar-refractivity contribution in [3.05, 3.63) is 12.3 Å². The second kappa shape index (κ2) is 0.597. The third kappa shape index (κ3) is 0.293. The van der Waals surface area contributed by atoms with Crippen molar-refractivity contribution in [1.82, 2.24) is 0 Å². The summed E-state index contributed by atoms with van der Waals surface area (Å²) in [6, 6.07) is 0. The Kier molecular flexibility index (Phi) is 0.362. The minimum Gasteiger partial charge on any atom is -0.428 e. The van der Waals surface area contributed by atoms with Crippen LogP contribution in [0.2, 0.25) is 0 Å². The number of rotatable bonds is 0. The van der Waals surface area contributed by atoms with Crippen LogP contribution in [-0.2, 0) is 4.74 Å². The minimum atomic E-state index is -1.99. The molecule has 0 spiro atoms. The van der Waals surface area contributed by atoms with E-state index in [-0.39, 0.29) is 5.76 Å². The Hall–Kier alpha value is -0.540. The van der Waals surface area contributed by atoms with Crippen LogP contribution in [0.5, 0.6) is 0 Å². The van der Waals surface area contributed by atoms with Crippen LogP contribution in [0.25, 0.3) is 0 Å². The summed E-state index contributed by atoms with van der Waals surface area (Å²) in [5, 5.41) is 16.3. The maximum Gasteiger partial charge on any atom is 0.384 e. The minimum absolute atomic E-state index is 0.0162. The molecular weight excluding hydrogens is 84.0 g/mol. The molecule has 3 nitrogen and oxygen atoms in total. The Morgan fingerprint density at radius 1 is 1.67 bits per heavy atom. The highest BCUT2D eigenvalue weighted by atomic mass is 16.9. The highest BCUT2D eigenvalue weighted by Gasteiger charge is 2.48. The van der Waals surface area contributed by atoms with E-state index in [4.69, 9.17) is 10.2 Å². The Labute approximate surface area is 34.5 Å². The van der Waals surface area contributed by atoms with Crippen molar-refractivity contribution in [1.29, 1.82) is 0 Å². The fourth-order valence-corrected chi connectivity index (χ4v) is 0.146. The highest BCUT2D eigenvalue weighted by Crippen LogP contribution is 2.32. The first-order chi connectivity index (χ1) is 2.63. The molecule has 0 bridgehead atoms. The predicted octanol–water partition coefficient (Wildman–Crippen LogP) is -0.831. The summed E-state index contributed by atoms with van der Waals surface area (Å²) in [5.74, 6) is -1.97. The van der Waals surface area contributed by atoms with Gasteiger partial charge in [0, 0.05) is 0 Å². The zero-order chi connectivity index (χ0) is 4.78. The van der Waals surface area contributed by atoms with Gasteiger partial charge in [0.25, 0.3) is 0 Å². The van der Waals surface area contributed by atoms with Gasteiger partial charge in [-0.3, -0.25) is 0 Å². The molecule has 0 aromatic rings. The SMILES string of the molecule is C=C1OC1(O)O. The van der Waals surface area contributed by atoms with E-state index in [1.165, 1.54) is 0 Å². The molecule has 0 amide bonds. The van der Waals surface area contributed by atoms with Gasteiger partial charge in [-0.1, -0.05) is 6.58 Å². The molecule has 1 fully saturated rings. The van der Waals surface area contributed by atoms with Crippen molar-refractivity contribution in [2.45, 2.75) is 5.97 Å². The van der Waals surface area contributed by atoms with Crippen LogP contribution in [0.1, 0.15) is 0 Å². The van der Waals surface area contributed by atoms with Gasteiger partial charge in [-0.2, -0.15) is 0 Å². The van der Waals surface area contributed by atoms with Gasteiger partial charge in [0.2, 0.25) is 0 Å². The van der Waals surface area contributed by atoms with Gasteiger partial charge >= 0.3 is 5.97 Å². The van der Waals surface area contributed by atoms with Crippen LogP contribution in [0, 0.1) is 0 Å².